The number of fused-ring (bicyclic) bond motifs is 1. The van der Waals surface area contributed by atoms with Crippen molar-refractivity contribution in [1.82, 2.24) is 4.57 Å². The summed E-state index contributed by atoms with van der Waals surface area (Å²) in [5.74, 6) is -0.578. The molecule has 0 aliphatic carbocycles. The van der Waals surface area contributed by atoms with E-state index in [0.717, 1.165) is 5.56 Å². The highest BCUT2D eigenvalue weighted by Gasteiger charge is 2.33. The monoisotopic (exact) mass is 462 g/mol. The number of aromatic nitrogens is 1. The molecule has 7 nitrogen and oxygen atoms in total. The second kappa shape index (κ2) is 9.38. The van der Waals surface area contributed by atoms with Crippen LogP contribution in [0.2, 0.25) is 0 Å². The van der Waals surface area contributed by atoms with Gasteiger partial charge in [0.05, 0.1) is 28.5 Å². The number of nitrogens with zero attached hydrogens (tertiary/aromatic N) is 2. The quantitative estimate of drug-likeness (QED) is 0.430. The number of ether oxygens (including phenoxy) is 2. The summed E-state index contributed by atoms with van der Waals surface area (Å²) in [5.41, 5.74) is 2.12. The lowest BCUT2D eigenvalue weighted by Crippen LogP contribution is -2.39. The Morgan fingerprint density at radius 3 is 2.45 bits per heavy atom. The summed E-state index contributed by atoms with van der Waals surface area (Å²) in [6, 6.07) is 15.6. The summed E-state index contributed by atoms with van der Waals surface area (Å²) in [6.07, 6.45) is 1.81. The first-order valence-electron chi connectivity index (χ1n) is 10.4. The van der Waals surface area contributed by atoms with E-state index in [0.29, 0.717) is 31.9 Å². The van der Waals surface area contributed by atoms with Crippen molar-refractivity contribution in [3.63, 3.8) is 0 Å². The van der Waals surface area contributed by atoms with Crippen LogP contribution in [0.4, 0.5) is 0 Å². The van der Waals surface area contributed by atoms with Crippen molar-refractivity contribution in [3.05, 3.63) is 96.7 Å². The maximum Gasteiger partial charge on any atom is 0.338 e. The summed E-state index contributed by atoms with van der Waals surface area (Å²) >= 11 is 1.27. The molecule has 0 bridgehead atoms. The molecule has 0 saturated heterocycles. The fourth-order valence-electron chi connectivity index (χ4n) is 3.69. The molecule has 1 aromatic heterocycles. The van der Waals surface area contributed by atoms with Gasteiger partial charge in [-0.15, -0.1) is 0 Å². The van der Waals surface area contributed by atoms with Crippen LogP contribution in [0.3, 0.4) is 0 Å². The Hall–Kier alpha value is -3.78. The summed E-state index contributed by atoms with van der Waals surface area (Å²) < 4.78 is 12.5. The molecule has 1 aliphatic heterocycles. The Bertz CT molecular complexity index is 1420. The average Bonchev–Trinajstić information content (AvgIpc) is 3.08. The highest BCUT2D eigenvalue weighted by atomic mass is 32.1. The van der Waals surface area contributed by atoms with E-state index in [1.807, 2.05) is 36.4 Å². The van der Waals surface area contributed by atoms with Crippen LogP contribution in [0.15, 0.2) is 75.7 Å². The number of hydrogen-bond acceptors (Lipinski definition) is 7. The number of rotatable bonds is 5. The predicted molar refractivity (Wildman–Crippen MR) is 125 cm³/mol. The number of carbonyl (C=O) groups excluding carboxylic acids is 2. The Morgan fingerprint density at radius 1 is 1.12 bits per heavy atom. The van der Waals surface area contributed by atoms with E-state index >= 15 is 0 Å². The second-order valence-corrected chi connectivity index (χ2v) is 8.38. The number of thiazole rings is 1. The van der Waals surface area contributed by atoms with Crippen LogP contribution in [0.1, 0.15) is 37.9 Å². The van der Waals surface area contributed by atoms with Crippen LogP contribution >= 0.6 is 11.3 Å². The molecule has 0 amide bonds. The molecule has 4 rings (SSSR count). The smallest absolute Gasteiger partial charge is 0.338 e. The van der Waals surface area contributed by atoms with E-state index < -0.39 is 18.0 Å². The minimum atomic E-state index is -0.718. The molecule has 1 aliphatic rings. The predicted octanol–water partition coefficient (Wildman–Crippen LogP) is 2.72. The maximum absolute atomic E-state index is 13.5. The van der Waals surface area contributed by atoms with Gasteiger partial charge < -0.3 is 9.47 Å². The minimum Gasteiger partial charge on any atom is -0.463 e. The van der Waals surface area contributed by atoms with Gasteiger partial charge in [0, 0.05) is 6.92 Å². The minimum absolute atomic E-state index is 0.201. The fourth-order valence-corrected chi connectivity index (χ4v) is 4.74. The molecule has 0 radical (unpaired) electrons. The fraction of sp³-hybridized carbons (Fsp3) is 0.200. The largest absolute Gasteiger partial charge is 0.463 e. The van der Waals surface area contributed by atoms with E-state index in [4.69, 9.17) is 9.47 Å². The van der Waals surface area contributed by atoms with E-state index in [1.54, 1.807) is 38.1 Å². The molecule has 2 aromatic carbocycles. The molecular weight excluding hydrogens is 440 g/mol. The third kappa shape index (κ3) is 4.56. The molecule has 0 spiro atoms. The highest BCUT2D eigenvalue weighted by Crippen LogP contribution is 2.31. The lowest BCUT2D eigenvalue weighted by atomic mass is 9.96. The molecule has 0 unspecified atom stereocenters. The Balaban J connectivity index is 1.90. The first-order chi connectivity index (χ1) is 15.9. The molecule has 168 valence electrons. The van der Waals surface area contributed by atoms with Crippen molar-refractivity contribution >= 4 is 29.4 Å². The van der Waals surface area contributed by atoms with Crippen molar-refractivity contribution in [2.45, 2.75) is 26.8 Å². The molecular formula is C25H22N2O5S. The topological polar surface area (TPSA) is 87.0 Å². The van der Waals surface area contributed by atoms with Crippen LogP contribution in [0.5, 0.6) is 5.75 Å². The first kappa shape index (κ1) is 22.4. The molecule has 8 heteroatoms. The zero-order valence-corrected chi connectivity index (χ0v) is 19.2. The van der Waals surface area contributed by atoms with Gasteiger partial charge in [-0.2, -0.15) is 0 Å². The highest BCUT2D eigenvalue weighted by molar-refractivity contribution is 7.07. The Morgan fingerprint density at radius 2 is 1.82 bits per heavy atom. The van der Waals surface area contributed by atoms with Crippen LogP contribution < -0.4 is 19.6 Å². The molecule has 1 atom stereocenters. The van der Waals surface area contributed by atoms with Gasteiger partial charge in [-0.3, -0.25) is 14.2 Å². The van der Waals surface area contributed by atoms with Gasteiger partial charge in [0.1, 0.15) is 5.75 Å². The van der Waals surface area contributed by atoms with Crippen LogP contribution in [-0.4, -0.2) is 23.1 Å². The summed E-state index contributed by atoms with van der Waals surface area (Å²) in [5, 5.41) is 0. The van der Waals surface area contributed by atoms with Gasteiger partial charge in [0.2, 0.25) is 0 Å². The van der Waals surface area contributed by atoms with Gasteiger partial charge in [-0.05, 0) is 43.2 Å². The normalized spacial score (nSPS) is 15.6. The molecule has 0 saturated carbocycles. The summed E-state index contributed by atoms with van der Waals surface area (Å²) in [4.78, 5) is 42.7. The molecule has 33 heavy (non-hydrogen) atoms. The van der Waals surface area contributed by atoms with E-state index in [9.17, 15) is 14.4 Å². The third-order valence-electron chi connectivity index (χ3n) is 5.07. The maximum atomic E-state index is 13.5. The molecule has 3 aromatic rings. The lowest BCUT2D eigenvalue weighted by molar-refractivity contribution is -0.139. The Kier molecular flexibility index (Phi) is 6.37. The molecule has 2 heterocycles. The van der Waals surface area contributed by atoms with Crippen LogP contribution in [-0.2, 0) is 14.3 Å². The van der Waals surface area contributed by atoms with Gasteiger partial charge in [0.15, 0.2) is 4.80 Å². The first-order valence-corrected chi connectivity index (χ1v) is 11.2. The van der Waals surface area contributed by atoms with E-state index in [2.05, 4.69) is 4.99 Å². The second-order valence-electron chi connectivity index (χ2n) is 7.38. The number of allylic oxidation sites excluding steroid dienone is 1. The number of carbonyl (C=O) groups is 2. The third-order valence-corrected chi connectivity index (χ3v) is 6.05. The van der Waals surface area contributed by atoms with Gasteiger partial charge in [-0.1, -0.05) is 53.8 Å². The van der Waals surface area contributed by atoms with Crippen molar-refractivity contribution in [3.8, 4) is 5.75 Å². The average molecular weight is 463 g/mol. The van der Waals surface area contributed by atoms with Crippen LogP contribution in [0, 0.1) is 0 Å². The van der Waals surface area contributed by atoms with Crippen molar-refractivity contribution < 1.29 is 19.1 Å². The Labute approximate surface area is 193 Å². The van der Waals surface area contributed by atoms with Gasteiger partial charge >= 0.3 is 11.9 Å². The number of esters is 2. The summed E-state index contributed by atoms with van der Waals surface area (Å²) in [7, 11) is 0. The van der Waals surface area contributed by atoms with E-state index in [-0.39, 0.29) is 12.2 Å². The van der Waals surface area contributed by atoms with Gasteiger partial charge in [-0.25, -0.2) is 9.79 Å². The van der Waals surface area contributed by atoms with Crippen LogP contribution in [0.25, 0.3) is 6.08 Å². The van der Waals surface area contributed by atoms with Crippen molar-refractivity contribution in [1.29, 1.82) is 0 Å². The van der Waals surface area contributed by atoms with Crippen molar-refractivity contribution in [2.24, 2.45) is 4.99 Å². The molecule has 0 fully saturated rings. The number of benzene rings is 2. The zero-order chi connectivity index (χ0) is 23.5. The zero-order valence-electron chi connectivity index (χ0n) is 18.4. The SMILES string of the molecule is CCOC(=O)C1=C(C)N=c2sc(=Cc3ccccc3)c(=O)n2[C@@H]1c1ccc(OC(C)=O)cc1. The lowest BCUT2D eigenvalue weighted by Gasteiger charge is -2.24. The standard InChI is InChI=1S/C25H22N2O5S/c1-4-31-24(30)21-15(2)26-25-27(22(21)18-10-12-19(13-11-18)32-16(3)28)23(29)20(33-25)14-17-8-6-5-7-9-17/h5-14,22H,4H2,1-3H3/t22-/m1/s1. The molecule has 0 N–H and O–H groups in total. The summed E-state index contributed by atoms with van der Waals surface area (Å²) in [6.45, 7) is 4.99. The number of hydrogen-bond donors (Lipinski definition) is 0. The van der Waals surface area contributed by atoms with Crippen molar-refractivity contribution in [2.75, 3.05) is 6.61 Å². The van der Waals surface area contributed by atoms with E-state index in [1.165, 1.54) is 22.8 Å². The van der Waals surface area contributed by atoms with Gasteiger partial charge in [0.25, 0.3) is 5.56 Å².